The van der Waals surface area contributed by atoms with E-state index in [2.05, 4.69) is 4.74 Å². The van der Waals surface area contributed by atoms with Crippen molar-refractivity contribution >= 4 is 11.9 Å². The molecular formula is C11H16N2O4. The Balaban J connectivity index is 2.90. The van der Waals surface area contributed by atoms with Gasteiger partial charge in [0, 0.05) is 6.54 Å². The Bertz CT molecular complexity index is 359. The molecule has 94 valence electrons. The lowest BCUT2D eigenvalue weighted by atomic mass is 9.93. The summed E-state index contributed by atoms with van der Waals surface area (Å²) in [6.07, 6.45) is 0. The van der Waals surface area contributed by atoms with Gasteiger partial charge in [0.25, 0.3) is 0 Å². The average molecular weight is 240 g/mol. The van der Waals surface area contributed by atoms with Gasteiger partial charge in [0.05, 0.1) is 26.4 Å². The van der Waals surface area contributed by atoms with Gasteiger partial charge >= 0.3 is 5.97 Å². The van der Waals surface area contributed by atoms with E-state index in [-0.39, 0.29) is 12.5 Å². The predicted octanol–water partition coefficient (Wildman–Crippen LogP) is -0.0634. The van der Waals surface area contributed by atoms with Crippen LogP contribution in [0.5, 0.6) is 0 Å². The first-order valence-electron chi connectivity index (χ1n) is 5.32. The lowest BCUT2D eigenvalue weighted by Gasteiger charge is -2.36. The van der Waals surface area contributed by atoms with Gasteiger partial charge < -0.3 is 14.4 Å². The smallest absolute Gasteiger partial charge is 0.331 e. The number of nitriles is 1. The number of methoxy groups -OCH3 is 1. The second-order valence-electron chi connectivity index (χ2n) is 4.35. The van der Waals surface area contributed by atoms with Crippen molar-refractivity contribution in [3.8, 4) is 6.07 Å². The Morgan fingerprint density at radius 3 is 2.71 bits per heavy atom. The standard InChI is InChI=1S/C11H16N2O4/c1-11(2,7-12)10(15)13-4-5-17-6-8(13)9(14)16-3/h8H,4-6H2,1-3H3. The largest absolute Gasteiger partial charge is 0.467 e. The zero-order valence-corrected chi connectivity index (χ0v) is 10.2. The minimum absolute atomic E-state index is 0.111. The molecule has 0 aromatic carbocycles. The van der Waals surface area contributed by atoms with Gasteiger partial charge in [-0.2, -0.15) is 5.26 Å². The lowest BCUT2D eigenvalue weighted by Crippen LogP contribution is -2.56. The van der Waals surface area contributed by atoms with Crippen LogP contribution >= 0.6 is 0 Å². The highest BCUT2D eigenvalue weighted by Crippen LogP contribution is 2.21. The van der Waals surface area contributed by atoms with Gasteiger partial charge in [0.2, 0.25) is 5.91 Å². The van der Waals surface area contributed by atoms with Crippen LogP contribution in [0.25, 0.3) is 0 Å². The van der Waals surface area contributed by atoms with Crippen molar-refractivity contribution in [2.24, 2.45) is 5.41 Å². The molecule has 6 heteroatoms. The summed E-state index contributed by atoms with van der Waals surface area (Å²) in [7, 11) is 1.26. The van der Waals surface area contributed by atoms with Crippen molar-refractivity contribution in [2.75, 3.05) is 26.9 Å². The Labute approximate surface area is 100 Å². The number of morpholine rings is 1. The fourth-order valence-corrected chi connectivity index (χ4v) is 1.58. The number of esters is 1. The monoisotopic (exact) mass is 240 g/mol. The summed E-state index contributed by atoms with van der Waals surface area (Å²) >= 11 is 0. The molecule has 6 nitrogen and oxygen atoms in total. The molecule has 0 aliphatic carbocycles. The third-order valence-corrected chi connectivity index (χ3v) is 2.68. The second kappa shape index (κ2) is 5.15. The molecule has 1 heterocycles. The van der Waals surface area contributed by atoms with E-state index in [1.165, 1.54) is 25.9 Å². The third kappa shape index (κ3) is 2.74. The minimum atomic E-state index is -1.15. The van der Waals surface area contributed by atoms with E-state index in [0.29, 0.717) is 13.2 Å². The first-order valence-corrected chi connectivity index (χ1v) is 5.32. The van der Waals surface area contributed by atoms with Crippen LogP contribution < -0.4 is 0 Å². The van der Waals surface area contributed by atoms with E-state index in [4.69, 9.17) is 10.00 Å². The predicted molar refractivity (Wildman–Crippen MR) is 57.7 cm³/mol. The Kier molecular flexibility index (Phi) is 4.07. The molecule has 1 amide bonds. The van der Waals surface area contributed by atoms with Crippen molar-refractivity contribution in [2.45, 2.75) is 19.9 Å². The highest BCUT2D eigenvalue weighted by atomic mass is 16.5. The van der Waals surface area contributed by atoms with Crippen molar-refractivity contribution in [1.82, 2.24) is 4.90 Å². The maximum atomic E-state index is 12.1. The first-order chi connectivity index (χ1) is 7.94. The molecule has 17 heavy (non-hydrogen) atoms. The number of ether oxygens (including phenoxy) is 2. The van der Waals surface area contributed by atoms with E-state index in [9.17, 15) is 9.59 Å². The molecule has 1 aliphatic heterocycles. The number of hydrogen-bond acceptors (Lipinski definition) is 5. The van der Waals surface area contributed by atoms with Crippen molar-refractivity contribution in [1.29, 1.82) is 5.26 Å². The summed E-state index contributed by atoms with van der Waals surface area (Å²) in [5, 5.41) is 8.93. The molecule has 0 aromatic heterocycles. The Hall–Kier alpha value is -1.61. The van der Waals surface area contributed by atoms with Crippen molar-refractivity contribution in [3.05, 3.63) is 0 Å². The van der Waals surface area contributed by atoms with Gasteiger partial charge in [-0.3, -0.25) is 4.79 Å². The number of rotatable bonds is 2. The van der Waals surface area contributed by atoms with E-state index in [1.54, 1.807) is 0 Å². The Morgan fingerprint density at radius 2 is 2.18 bits per heavy atom. The fraction of sp³-hybridized carbons (Fsp3) is 0.727. The number of nitrogens with zero attached hydrogens (tertiary/aromatic N) is 2. The summed E-state index contributed by atoms with van der Waals surface area (Å²) in [5.41, 5.74) is -1.15. The lowest BCUT2D eigenvalue weighted by molar-refractivity contribution is -0.163. The number of hydrogen-bond donors (Lipinski definition) is 0. The van der Waals surface area contributed by atoms with Crippen LogP contribution in [-0.4, -0.2) is 49.7 Å². The van der Waals surface area contributed by atoms with E-state index in [1.807, 2.05) is 6.07 Å². The highest BCUT2D eigenvalue weighted by Gasteiger charge is 2.40. The quantitative estimate of drug-likeness (QED) is 0.631. The van der Waals surface area contributed by atoms with Crippen LogP contribution in [0, 0.1) is 16.7 Å². The minimum Gasteiger partial charge on any atom is -0.467 e. The van der Waals surface area contributed by atoms with Gasteiger partial charge in [-0.15, -0.1) is 0 Å². The SMILES string of the molecule is COC(=O)C1COCCN1C(=O)C(C)(C)C#N. The average Bonchev–Trinajstić information content (AvgIpc) is 2.36. The van der Waals surface area contributed by atoms with Gasteiger partial charge in [-0.1, -0.05) is 0 Å². The molecule has 0 bridgehead atoms. The molecule has 0 spiro atoms. The zero-order chi connectivity index (χ0) is 13.1. The summed E-state index contributed by atoms with van der Waals surface area (Å²) in [6, 6.07) is 1.18. The van der Waals surface area contributed by atoms with Gasteiger partial charge in [-0.05, 0) is 13.8 Å². The molecule has 0 saturated carbocycles. The van der Waals surface area contributed by atoms with Crippen LogP contribution in [0.1, 0.15) is 13.8 Å². The molecule has 0 radical (unpaired) electrons. The van der Waals surface area contributed by atoms with Crippen LogP contribution in [0.4, 0.5) is 0 Å². The molecule has 1 aliphatic rings. The number of carbonyl (C=O) groups is 2. The van der Waals surface area contributed by atoms with E-state index in [0.717, 1.165) is 0 Å². The van der Waals surface area contributed by atoms with E-state index >= 15 is 0 Å². The number of amides is 1. The highest BCUT2D eigenvalue weighted by molar-refractivity contribution is 5.89. The third-order valence-electron chi connectivity index (χ3n) is 2.68. The summed E-state index contributed by atoms with van der Waals surface area (Å²) in [5.74, 6) is -0.898. The summed E-state index contributed by atoms with van der Waals surface area (Å²) < 4.78 is 9.77. The molecule has 0 aromatic rings. The maximum absolute atomic E-state index is 12.1. The molecule has 0 N–H and O–H groups in total. The molecule has 1 rings (SSSR count). The maximum Gasteiger partial charge on any atom is 0.331 e. The van der Waals surface area contributed by atoms with Crippen molar-refractivity contribution in [3.63, 3.8) is 0 Å². The number of carbonyl (C=O) groups excluding carboxylic acids is 2. The van der Waals surface area contributed by atoms with Gasteiger partial charge in [0.15, 0.2) is 6.04 Å². The van der Waals surface area contributed by atoms with Crippen molar-refractivity contribution < 1.29 is 19.1 Å². The van der Waals surface area contributed by atoms with Crippen LogP contribution in [0.3, 0.4) is 0 Å². The van der Waals surface area contributed by atoms with Crippen LogP contribution in [0.2, 0.25) is 0 Å². The summed E-state index contributed by atoms with van der Waals surface area (Å²) in [4.78, 5) is 25.0. The topological polar surface area (TPSA) is 79.6 Å². The van der Waals surface area contributed by atoms with Gasteiger partial charge in [0.1, 0.15) is 5.41 Å². The van der Waals surface area contributed by atoms with Crippen LogP contribution in [0.15, 0.2) is 0 Å². The molecular weight excluding hydrogens is 224 g/mol. The zero-order valence-electron chi connectivity index (χ0n) is 10.2. The normalized spacial score (nSPS) is 20.6. The molecule has 1 unspecified atom stereocenters. The molecule has 1 fully saturated rings. The van der Waals surface area contributed by atoms with E-state index < -0.39 is 17.4 Å². The fourth-order valence-electron chi connectivity index (χ4n) is 1.58. The second-order valence-corrected chi connectivity index (χ2v) is 4.35. The Morgan fingerprint density at radius 1 is 1.53 bits per heavy atom. The molecule has 1 saturated heterocycles. The van der Waals surface area contributed by atoms with Crippen LogP contribution in [-0.2, 0) is 19.1 Å². The molecule has 1 atom stereocenters. The summed E-state index contributed by atoms with van der Waals surface area (Å²) in [6.45, 7) is 3.82. The van der Waals surface area contributed by atoms with Gasteiger partial charge in [-0.25, -0.2) is 4.79 Å². The first kappa shape index (κ1) is 13.5.